The summed E-state index contributed by atoms with van der Waals surface area (Å²) in [5.74, 6) is 1.69. The Morgan fingerprint density at radius 1 is 0.968 bits per heavy atom. The molecule has 0 saturated carbocycles. The molecular weight excluding hydrogens is 384 g/mol. The highest BCUT2D eigenvalue weighted by molar-refractivity contribution is 5.82. The zero-order valence-corrected chi connectivity index (χ0v) is 17.4. The highest BCUT2D eigenvalue weighted by Crippen LogP contribution is 2.35. The number of likely N-dealkylation sites (N-methyl/N-ethyl adjacent to an activating group) is 1. The van der Waals surface area contributed by atoms with Gasteiger partial charge in [0.2, 0.25) is 0 Å². The van der Waals surface area contributed by atoms with Crippen molar-refractivity contribution in [2.45, 2.75) is 6.42 Å². The summed E-state index contributed by atoms with van der Waals surface area (Å²) < 4.78 is 5.74. The first-order valence-electron chi connectivity index (χ1n) is 10.5. The number of hydrogen-bond donors (Lipinski definition) is 2. The van der Waals surface area contributed by atoms with Crippen LogP contribution < -0.4 is 10.1 Å². The van der Waals surface area contributed by atoms with Gasteiger partial charge in [-0.2, -0.15) is 0 Å². The number of nitrogens with zero attached hydrogens (tertiary/aromatic N) is 2. The van der Waals surface area contributed by atoms with Crippen molar-refractivity contribution in [2.75, 3.05) is 20.2 Å². The van der Waals surface area contributed by atoms with Crippen LogP contribution in [0.25, 0.3) is 40.0 Å². The summed E-state index contributed by atoms with van der Waals surface area (Å²) in [7, 11) is 1.92. The Balaban J connectivity index is 1.53. The molecule has 1 aliphatic rings. The van der Waals surface area contributed by atoms with Crippen LogP contribution in [0.5, 0.6) is 5.75 Å². The molecule has 5 nitrogen and oxygen atoms in total. The predicted molar refractivity (Wildman–Crippen MR) is 125 cm³/mol. The summed E-state index contributed by atoms with van der Waals surface area (Å²) >= 11 is 0. The molecule has 2 aromatic heterocycles. The van der Waals surface area contributed by atoms with Crippen LogP contribution in [0.2, 0.25) is 0 Å². The lowest BCUT2D eigenvalue weighted by Crippen LogP contribution is -2.15. The van der Waals surface area contributed by atoms with E-state index in [0.717, 1.165) is 52.6 Å². The third-order valence-corrected chi connectivity index (χ3v) is 5.48. The van der Waals surface area contributed by atoms with Gasteiger partial charge in [-0.05, 0) is 67.1 Å². The summed E-state index contributed by atoms with van der Waals surface area (Å²) in [5, 5.41) is 3.08. The van der Waals surface area contributed by atoms with Crippen molar-refractivity contribution >= 4 is 6.08 Å². The minimum atomic E-state index is 0.639. The zero-order valence-electron chi connectivity index (χ0n) is 17.4. The molecular formula is C26H24N4O. The number of H-pyrrole nitrogens is 1. The topological polar surface area (TPSA) is 62.8 Å². The van der Waals surface area contributed by atoms with E-state index in [1.807, 2.05) is 55.8 Å². The Hall–Kier alpha value is -3.70. The first-order valence-corrected chi connectivity index (χ1v) is 10.5. The van der Waals surface area contributed by atoms with Crippen molar-refractivity contribution in [3.63, 3.8) is 0 Å². The normalized spacial score (nSPS) is 12.2. The largest absolute Gasteiger partial charge is 0.492 e. The number of pyridine rings is 1. The molecule has 31 heavy (non-hydrogen) atoms. The van der Waals surface area contributed by atoms with Crippen molar-refractivity contribution < 1.29 is 4.74 Å². The Kier molecular flexibility index (Phi) is 5.33. The minimum absolute atomic E-state index is 0.639. The molecule has 5 rings (SSSR count). The van der Waals surface area contributed by atoms with E-state index in [4.69, 9.17) is 9.72 Å². The molecule has 154 valence electrons. The molecule has 0 saturated heterocycles. The van der Waals surface area contributed by atoms with Gasteiger partial charge in [-0.15, -0.1) is 0 Å². The Morgan fingerprint density at radius 3 is 2.58 bits per heavy atom. The number of imidazole rings is 1. The Bertz CT molecular complexity index is 1210. The van der Waals surface area contributed by atoms with Crippen molar-refractivity contribution in [2.24, 2.45) is 0 Å². The number of aromatic nitrogens is 3. The van der Waals surface area contributed by atoms with E-state index >= 15 is 0 Å². The molecule has 2 aromatic carbocycles. The maximum Gasteiger partial charge on any atom is 0.138 e. The van der Waals surface area contributed by atoms with Gasteiger partial charge in [0, 0.05) is 35.6 Å². The van der Waals surface area contributed by atoms with Gasteiger partial charge in [-0.1, -0.05) is 24.3 Å². The summed E-state index contributed by atoms with van der Waals surface area (Å²) in [4.78, 5) is 12.7. The molecule has 5 heteroatoms. The van der Waals surface area contributed by atoms with E-state index in [1.54, 1.807) is 0 Å². The summed E-state index contributed by atoms with van der Waals surface area (Å²) in [6, 6.07) is 18.7. The molecule has 2 heterocycles. The maximum atomic E-state index is 5.74. The number of hydrogen-bond acceptors (Lipinski definition) is 4. The van der Waals surface area contributed by atoms with E-state index in [0.29, 0.717) is 6.61 Å². The van der Waals surface area contributed by atoms with Gasteiger partial charge in [0.25, 0.3) is 0 Å². The Labute approximate surface area is 181 Å². The molecule has 0 atom stereocenters. The van der Waals surface area contributed by atoms with Crippen molar-refractivity contribution in [1.29, 1.82) is 0 Å². The van der Waals surface area contributed by atoms with E-state index in [1.165, 1.54) is 11.1 Å². The van der Waals surface area contributed by atoms with Crippen LogP contribution in [0, 0.1) is 0 Å². The molecule has 0 radical (unpaired) electrons. The highest BCUT2D eigenvalue weighted by Gasteiger charge is 2.17. The number of nitrogens with one attached hydrogen (secondary N) is 2. The summed E-state index contributed by atoms with van der Waals surface area (Å²) in [6.45, 7) is 1.45. The van der Waals surface area contributed by atoms with E-state index in [-0.39, 0.29) is 0 Å². The highest BCUT2D eigenvalue weighted by atomic mass is 16.5. The van der Waals surface area contributed by atoms with Crippen LogP contribution in [0.4, 0.5) is 0 Å². The van der Waals surface area contributed by atoms with Gasteiger partial charge in [0.05, 0.1) is 11.4 Å². The fraction of sp³-hybridized carbons (Fsp3) is 0.154. The first-order chi connectivity index (χ1) is 15.3. The molecule has 0 fully saturated rings. The van der Waals surface area contributed by atoms with Crippen molar-refractivity contribution in [3.05, 3.63) is 84.2 Å². The minimum Gasteiger partial charge on any atom is -0.492 e. The van der Waals surface area contributed by atoms with Gasteiger partial charge in [0.1, 0.15) is 18.2 Å². The zero-order chi connectivity index (χ0) is 21.0. The van der Waals surface area contributed by atoms with Crippen LogP contribution in [0.15, 0.2) is 73.1 Å². The lowest BCUT2D eigenvalue weighted by molar-refractivity contribution is 0.318. The molecule has 0 amide bonds. The second kappa shape index (κ2) is 8.58. The maximum absolute atomic E-state index is 5.74. The average molecular weight is 409 g/mol. The fourth-order valence-electron chi connectivity index (χ4n) is 3.82. The number of benzene rings is 2. The SMILES string of the molecule is CNCCOc1ccc(-c2nc(-c3ccc4c(c3)C=CC4)c(-c3ccncc3)[nH]2)cc1. The second-order valence-electron chi connectivity index (χ2n) is 7.54. The number of ether oxygens (including phenoxy) is 1. The van der Waals surface area contributed by atoms with Crippen LogP contribution in [0.1, 0.15) is 11.1 Å². The van der Waals surface area contributed by atoms with E-state index < -0.39 is 0 Å². The Morgan fingerprint density at radius 2 is 1.77 bits per heavy atom. The van der Waals surface area contributed by atoms with Crippen LogP contribution in [0.3, 0.4) is 0 Å². The molecule has 1 aliphatic carbocycles. The second-order valence-corrected chi connectivity index (χ2v) is 7.54. The predicted octanol–water partition coefficient (Wildman–Crippen LogP) is 4.97. The molecule has 0 spiro atoms. The standard InChI is InChI=1S/C26H24N4O/c1-27-15-16-31-23-9-7-20(8-10-23)26-29-24(19-11-13-28-14-12-19)25(30-26)22-6-5-18-3-2-4-21(18)17-22/h2,4-14,17,27H,3,15-16H2,1H3,(H,29,30). The lowest BCUT2D eigenvalue weighted by atomic mass is 10.0. The van der Waals surface area contributed by atoms with Crippen LogP contribution in [-0.4, -0.2) is 35.2 Å². The molecule has 0 aliphatic heterocycles. The van der Waals surface area contributed by atoms with Gasteiger partial charge in [-0.3, -0.25) is 4.98 Å². The van der Waals surface area contributed by atoms with Gasteiger partial charge < -0.3 is 15.0 Å². The average Bonchev–Trinajstić information content (AvgIpc) is 3.47. The van der Waals surface area contributed by atoms with Crippen molar-refractivity contribution in [3.8, 4) is 39.7 Å². The summed E-state index contributed by atoms with van der Waals surface area (Å²) in [6.07, 6.45) is 9.01. The fourth-order valence-corrected chi connectivity index (χ4v) is 3.82. The summed E-state index contributed by atoms with van der Waals surface area (Å²) in [5.41, 5.74) is 7.75. The molecule has 4 aromatic rings. The molecule has 0 bridgehead atoms. The quantitative estimate of drug-likeness (QED) is 0.424. The third-order valence-electron chi connectivity index (χ3n) is 5.48. The van der Waals surface area contributed by atoms with Gasteiger partial charge in [-0.25, -0.2) is 4.98 Å². The van der Waals surface area contributed by atoms with Crippen LogP contribution in [-0.2, 0) is 6.42 Å². The first kappa shape index (κ1) is 19.3. The molecule has 0 unspecified atom stereocenters. The number of allylic oxidation sites excluding steroid dienone is 1. The van der Waals surface area contributed by atoms with Crippen LogP contribution >= 0.6 is 0 Å². The lowest BCUT2D eigenvalue weighted by Gasteiger charge is -2.06. The number of rotatable bonds is 7. The van der Waals surface area contributed by atoms with Crippen molar-refractivity contribution in [1.82, 2.24) is 20.3 Å². The number of fused-ring (bicyclic) bond motifs is 1. The third kappa shape index (κ3) is 4.00. The number of aromatic amines is 1. The van der Waals surface area contributed by atoms with E-state index in [2.05, 4.69) is 45.6 Å². The molecule has 2 N–H and O–H groups in total. The monoisotopic (exact) mass is 408 g/mol. The van der Waals surface area contributed by atoms with Gasteiger partial charge in [0.15, 0.2) is 0 Å². The van der Waals surface area contributed by atoms with E-state index in [9.17, 15) is 0 Å². The van der Waals surface area contributed by atoms with Gasteiger partial charge >= 0.3 is 0 Å². The smallest absolute Gasteiger partial charge is 0.138 e.